The van der Waals surface area contributed by atoms with Gasteiger partial charge in [0.1, 0.15) is 5.15 Å². The molecule has 1 saturated carbocycles. The van der Waals surface area contributed by atoms with Crippen molar-refractivity contribution in [3.8, 4) is 0 Å². The van der Waals surface area contributed by atoms with Crippen molar-refractivity contribution in [2.24, 2.45) is 0 Å². The average molecular weight is 334 g/mol. The summed E-state index contributed by atoms with van der Waals surface area (Å²) in [6.07, 6.45) is 7.85. The highest BCUT2D eigenvalue weighted by Gasteiger charge is 2.24. The SMILES string of the molecule is CCc1ccc([C@H]2CC[C@H](c3cnc(Cl)c(Cl)c3)CC2)cc1. The second kappa shape index (κ2) is 7.02. The zero-order valence-electron chi connectivity index (χ0n) is 12.9. The van der Waals surface area contributed by atoms with E-state index in [1.807, 2.05) is 12.3 Å². The van der Waals surface area contributed by atoms with Gasteiger partial charge < -0.3 is 0 Å². The van der Waals surface area contributed by atoms with Crippen molar-refractivity contribution < 1.29 is 0 Å². The Morgan fingerprint density at radius 3 is 2.09 bits per heavy atom. The summed E-state index contributed by atoms with van der Waals surface area (Å²) in [6.45, 7) is 2.20. The zero-order chi connectivity index (χ0) is 15.5. The predicted molar refractivity (Wildman–Crippen MR) is 94.0 cm³/mol. The molecule has 0 radical (unpaired) electrons. The fraction of sp³-hybridized carbons (Fsp3) is 0.421. The van der Waals surface area contributed by atoms with Crippen LogP contribution in [0, 0.1) is 0 Å². The molecule has 116 valence electrons. The Bertz CT molecular complexity index is 628. The molecule has 0 aliphatic heterocycles. The molecule has 1 fully saturated rings. The quantitative estimate of drug-likeness (QED) is 0.593. The number of aryl methyl sites for hydroxylation is 1. The van der Waals surface area contributed by atoms with Crippen LogP contribution in [-0.2, 0) is 6.42 Å². The van der Waals surface area contributed by atoms with E-state index in [1.54, 1.807) is 0 Å². The van der Waals surface area contributed by atoms with E-state index in [2.05, 4.69) is 36.2 Å². The van der Waals surface area contributed by atoms with Gasteiger partial charge >= 0.3 is 0 Å². The molecule has 1 aromatic heterocycles. The van der Waals surface area contributed by atoms with Crippen molar-refractivity contribution >= 4 is 23.2 Å². The van der Waals surface area contributed by atoms with Crippen molar-refractivity contribution in [1.29, 1.82) is 0 Å². The Hall–Kier alpha value is -1.05. The number of hydrogen-bond acceptors (Lipinski definition) is 1. The summed E-state index contributed by atoms with van der Waals surface area (Å²) < 4.78 is 0. The summed E-state index contributed by atoms with van der Waals surface area (Å²) in [7, 11) is 0. The summed E-state index contributed by atoms with van der Waals surface area (Å²) in [5.41, 5.74) is 4.14. The fourth-order valence-corrected chi connectivity index (χ4v) is 3.72. The highest BCUT2D eigenvalue weighted by molar-refractivity contribution is 6.41. The molecule has 1 aliphatic rings. The minimum Gasteiger partial charge on any atom is -0.243 e. The lowest BCUT2D eigenvalue weighted by molar-refractivity contribution is 0.396. The largest absolute Gasteiger partial charge is 0.243 e. The van der Waals surface area contributed by atoms with Gasteiger partial charge in [-0.2, -0.15) is 0 Å². The van der Waals surface area contributed by atoms with Gasteiger partial charge in [0, 0.05) is 6.20 Å². The minimum absolute atomic E-state index is 0.398. The average Bonchev–Trinajstić information content (AvgIpc) is 2.58. The van der Waals surface area contributed by atoms with Gasteiger partial charge in [0.15, 0.2) is 0 Å². The molecule has 0 spiro atoms. The van der Waals surface area contributed by atoms with E-state index in [4.69, 9.17) is 23.2 Å². The molecular weight excluding hydrogens is 313 g/mol. The van der Waals surface area contributed by atoms with Gasteiger partial charge in [0.05, 0.1) is 5.02 Å². The summed E-state index contributed by atoms with van der Waals surface area (Å²) >= 11 is 12.0. The zero-order valence-corrected chi connectivity index (χ0v) is 14.4. The van der Waals surface area contributed by atoms with Crippen LogP contribution in [0.2, 0.25) is 10.2 Å². The summed E-state index contributed by atoms with van der Waals surface area (Å²) in [5.74, 6) is 1.26. The molecule has 1 aliphatic carbocycles. The number of benzene rings is 1. The number of halogens is 2. The van der Waals surface area contributed by atoms with Crippen LogP contribution in [0.15, 0.2) is 36.5 Å². The van der Waals surface area contributed by atoms with Gasteiger partial charge in [0.2, 0.25) is 0 Å². The lowest BCUT2D eigenvalue weighted by Gasteiger charge is -2.29. The predicted octanol–water partition coefficient (Wildman–Crippen LogP) is 6.39. The van der Waals surface area contributed by atoms with Crippen molar-refractivity contribution in [1.82, 2.24) is 4.98 Å². The maximum Gasteiger partial charge on any atom is 0.147 e. The number of pyridine rings is 1. The van der Waals surface area contributed by atoms with Crippen LogP contribution in [0.25, 0.3) is 0 Å². The molecule has 2 aromatic rings. The van der Waals surface area contributed by atoms with Crippen LogP contribution < -0.4 is 0 Å². The Kier molecular flexibility index (Phi) is 5.05. The van der Waals surface area contributed by atoms with E-state index < -0.39 is 0 Å². The molecule has 1 heterocycles. The Morgan fingerprint density at radius 1 is 0.955 bits per heavy atom. The van der Waals surface area contributed by atoms with E-state index in [9.17, 15) is 0 Å². The monoisotopic (exact) mass is 333 g/mol. The normalized spacial score (nSPS) is 21.8. The Morgan fingerprint density at radius 2 is 1.55 bits per heavy atom. The van der Waals surface area contributed by atoms with Gasteiger partial charge in [-0.1, -0.05) is 54.4 Å². The third-order valence-corrected chi connectivity index (χ3v) is 5.56. The van der Waals surface area contributed by atoms with Gasteiger partial charge in [-0.25, -0.2) is 4.98 Å². The third-order valence-electron chi connectivity index (χ3n) is 4.88. The van der Waals surface area contributed by atoms with Gasteiger partial charge in [-0.15, -0.1) is 0 Å². The topological polar surface area (TPSA) is 12.9 Å². The molecule has 1 aromatic carbocycles. The first kappa shape index (κ1) is 15.8. The molecule has 0 unspecified atom stereocenters. The Labute approximate surface area is 142 Å². The molecule has 0 atom stereocenters. The molecular formula is C19H21Cl2N. The number of hydrogen-bond donors (Lipinski definition) is 0. The lowest BCUT2D eigenvalue weighted by atomic mass is 9.76. The molecule has 3 heteroatoms. The summed E-state index contributed by atoms with van der Waals surface area (Å²) in [6, 6.07) is 11.1. The standard InChI is InChI=1S/C19H21Cl2N/c1-2-13-3-5-14(6-4-13)15-7-9-16(10-8-15)17-11-18(20)19(21)22-12-17/h3-6,11-12,15-16H,2,7-10H2,1H3/t15-,16-. The van der Waals surface area contributed by atoms with Crippen LogP contribution in [-0.4, -0.2) is 4.98 Å². The Balaban J connectivity index is 1.65. The molecule has 0 N–H and O–H groups in total. The second-order valence-corrected chi connectivity index (χ2v) is 6.95. The first-order chi connectivity index (χ1) is 10.7. The van der Waals surface area contributed by atoms with Gasteiger partial charge in [-0.3, -0.25) is 0 Å². The van der Waals surface area contributed by atoms with Crippen molar-refractivity contribution in [3.63, 3.8) is 0 Å². The van der Waals surface area contributed by atoms with Crippen molar-refractivity contribution in [3.05, 3.63) is 63.4 Å². The maximum atomic E-state index is 6.09. The fourth-order valence-electron chi connectivity index (χ4n) is 3.44. The highest BCUT2D eigenvalue weighted by atomic mass is 35.5. The minimum atomic E-state index is 0.398. The van der Waals surface area contributed by atoms with E-state index in [0.717, 1.165) is 6.42 Å². The summed E-state index contributed by atoms with van der Waals surface area (Å²) in [5, 5.41) is 0.964. The lowest BCUT2D eigenvalue weighted by Crippen LogP contribution is -2.12. The van der Waals surface area contributed by atoms with E-state index in [0.29, 0.717) is 22.0 Å². The van der Waals surface area contributed by atoms with E-state index in [1.165, 1.54) is 42.4 Å². The number of aromatic nitrogens is 1. The first-order valence-electron chi connectivity index (χ1n) is 8.07. The van der Waals surface area contributed by atoms with Crippen molar-refractivity contribution in [2.45, 2.75) is 50.9 Å². The highest BCUT2D eigenvalue weighted by Crippen LogP contribution is 2.41. The molecule has 0 amide bonds. The number of rotatable bonds is 3. The second-order valence-electron chi connectivity index (χ2n) is 6.18. The van der Waals surface area contributed by atoms with Crippen LogP contribution in [0.3, 0.4) is 0 Å². The van der Waals surface area contributed by atoms with Gasteiger partial charge in [0.25, 0.3) is 0 Å². The van der Waals surface area contributed by atoms with Crippen LogP contribution in [0.5, 0.6) is 0 Å². The molecule has 3 rings (SSSR count). The summed E-state index contributed by atoms with van der Waals surface area (Å²) in [4.78, 5) is 4.18. The van der Waals surface area contributed by atoms with Crippen LogP contribution in [0.4, 0.5) is 0 Å². The molecule has 0 bridgehead atoms. The van der Waals surface area contributed by atoms with Gasteiger partial charge in [-0.05, 0) is 66.7 Å². The van der Waals surface area contributed by atoms with E-state index >= 15 is 0 Å². The van der Waals surface area contributed by atoms with Crippen LogP contribution in [0.1, 0.15) is 61.1 Å². The smallest absolute Gasteiger partial charge is 0.147 e. The number of nitrogens with zero attached hydrogens (tertiary/aromatic N) is 1. The van der Waals surface area contributed by atoms with Crippen molar-refractivity contribution in [2.75, 3.05) is 0 Å². The molecule has 22 heavy (non-hydrogen) atoms. The molecule has 1 nitrogen and oxygen atoms in total. The first-order valence-corrected chi connectivity index (χ1v) is 8.82. The van der Waals surface area contributed by atoms with Crippen LogP contribution >= 0.6 is 23.2 Å². The molecule has 0 saturated heterocycles. The third kappa shape index (κ3) is 3.47. The van der Waals surface area contributed by atoms with E-state index in [-0.39, 0.29) is 0 Å². The maximum absolute atomic E-state index is 6.09.